The average Bonchev–Trinajstić information content (AvgIpc) is 2.60. The molecular formula is C23H28O2Se. The van der Waals surface area contributed by atoms with Gasteiger partial charge in [0.05, 0.1) is 0 Å². The number of hydrogen-bond donors (Lipinski definition) is 0. The molecule has 1 aliphatic rings. The fraction of sp³-hybridized carbons (Fsp3) is 0.435. The number of benzene rings is 2. The summed E-state index contributed by atoms with van der Waals surface area (Å²) in [5, 5.41) is 0. The van der Waals surface area contributed by atoms with Crippen molar-refractivity contribution in [2.75, 3.05) is 6.61 Å². The number of fused-ring (bicyclic) bond motifs is 1. The molecule has 2 aromatic rings. The summed E-state index contributed by atoms with van der Waals surface area (Å²) in [4.78, 5) is 11.8. The Morgan fingerprint density at radius 2 is 1.50 bits per heavy atom. The van der Waals surface area contributed by atoms with Crippen LogP contribution >= 0.6 is 0 Å². The van der Waals surface area contributed by atoms with Gasteiger partial charge in [-0.3, -0.25) is 0 Å². The molecule has 3 rings (SSSR count). The Hall–Kier alpha value is -1.57. The zero-order valence-electron chi connectivity index (χ0n) is 16.4. The third-order valence-electron chi connectivity index (χ3n) is 5.43. The Bertz CT molecular complexity index is 803. The van der Waals surface area contributed by atoms with Crippen LogP contribution in [0.3, 0.4) is 0 Å². The SMILES string of the molecule is CCOC(=O)c1ccc([Se]c2ccc3c(c2)C(C)(C)CCC3(C)C)cc1. The van der Waals surface area contributed by atoms with Crippen LogP contribution in [0.5, 0.6) is 0 Å². The Balaban J connectivity index is 1.84. The summed E-state index contributed by atoms with van der Waals surface area (Å²) < 4.78 is 7.73. The summed E-state index contributed by atoms with van der Waals surface area (Å²) in [7, 11) is 0. The van der Waals surface area contributed by atoms with Gasteiger partial charge in [-0.05, 0) is 0 Å². The molecule has 0 aliphatic heterocycles. The second-order valence-electron chi connectivity index (χ2n) is 8.32. The molecule has 0 radical (unpaired) electrons. The topological polar surface area (TPSA) is 26.3 Å². The fourth-order valence-corrected chi connectivity index (χ4v) is 5.44. The van der Waals surface area contributed by atoms with E-state index in [0.717, 1.165) is 0 Å². The molecule has 26 heavy (non-hydrogen) atoms. The molecule has 0 atom stereocenters. The molecule has 0 amide bonds. The van der Waals surface area contributed by atoms with E-state index in [-0.39, 0.29) is 31.8 Å². The second-order valence-corrected chi connectivity index (χ2v) is 10.7. The van der Waals surface area contributed by atoms with E-state index in [0.29, 0.717) is 12.2 Å². The minimum absolute atomic E-state index is 0.236. The van der Waals surface area contributed by atoms with Crippen molar-refractivity contribution in [2.24, 2.45) is 0 Å². The Morgan fingerprint density at radius 3 is 2.12 bits per heavy atom. The predicted octanol–water partition coefficient (Wildman–Crippen LogP) is 3.87. The van der Waals surface area contributed by atoms with Crippen LogP contribution in [-0.4, -0.2) is 27.5 Å². The molecule has 0 N–H and O–H groups in total. The molecule has 0 spiro atoms. The van der Waals surface area contributed by atoms with Crippen molar-refractivity contribution in [2.45, 2.75) is 58.3 Å². The zero-order valence-corrected chi connectivity index (χ0v) is 18.1. The van der Waals surface area contributed by atoms with E-state index < -0.39 is 0 Å². The molecule has 0 aromatic heterocycles. The van der Waals surface area contributed by atoms with Crippen molar-refractivity contribution >= 4 is 29.8 Å². The number of esters is 1. The molecule has 0 unspecified atom stereocenters. The first-order valence-electron chi connectivity index (χ1n) is 9.33. The van der Waals surface area contributed by atoms with Gasteiger partial charge in [0.25, 0.3) is 0 Å². The molecular weight excluding hydrogens is 387 g/mol. The molecule has 0 fully saturated rings. The van der Waals surface area contributed by atoms with Gasteiger partial charge in [-0.25, -0.2) is 0 Å². The molecule has 138 valence electrons. The van der Waals surface area contributed by atoms with Crippen LogP contribution in [-0.2, 0) is 15.6 Å². The van der Waals surface area contributed by atoms with Crippen molar-refractivity contribution < 1.29 is 9.53 Å². The van der Waals surface area contributed by atoms with Crippen molar-refractivity contribution in [1.29, 1.82) is 0 Å². The third-order valence-corrected chi connectivity index (χ3v) is 7.52. The van der Waals surface area contributed by atoms with Gasteiger partial charge in [0, 0.05) is 0 Å². The normalized spacial score (nSPS) is 17.4. The monoisotopic (exact) mass is 416 g/mol. The van der Waals surface area contributed by atoms with Crippen LogP contribution in [0.1, 0.15) is 68.9 Å². The van der Waals surface area contributed by atoms with Gasteiger partial charge < -0.3 is 0 Å². The summed E-state index contributed by atoms with van der Waals surface area (Å²) in [5.74, 6) is -0.246. The Kier molecular flexibility index (Phi) is 5.32. The maximum atomic E-state index is 11.8. The standard InChI is InChI=1S/C23H28O2Se/c1-6-25-21(24)16-7-9-17(10-8-16)26-18-11-12-19-20(15-18)23(4,5)14-13-22(19,2)3/h7-12,15H,6,13-14H2,1-5H3. The van der Waals surface area contributed by atoms with Crippen LogP contribution in [0.4, 0.5) is 0 Å². The zero-order chi connectivity index (χ0) is 18.9. The van der Waals surface area contributed by atoms with Gasteiger partial charge in [-0.1, -0.05) is 0 Å². The van der Waals surface area contributed by atoms with Crippen LogP contribution < -0.4 is 8.92 Å². The number of ether oxygens (including phenoxy) is 1. The van der Waals surface area contributed by atoms with Gasteiger partial charge >= 0.3 is 163 Å². The summed E-state index contributed by atoms with van der Waals surface area (Å²) in [6, 6.07) is 14.9. The second kappa shape index (κ2) is 7.21. The number of hydrogen-bond acceptors (Lipinski definition) is 2. The molecule has 0 saturated heterocycles. The fourth-order valence-electron chi connectivity index (χ4n) is 3.64. The molecule has 2 nitrogen and oxygen atoms in total. The summed E-state index contributed by atoms with van der Waals surface area (Å²) in [6.07, 6.45) is 2.48. The van der Waals surface area contributed by atoms with Crippen molar-refractivity contribution in [3.8, 4) is 0 Å². The van der Waals surface area contributed by atoms with Crippen molar-refractivity contribution in [3.63, 3.8) is 0 Å². The molecule has 0 heterocycles. The first kappa shape index (κ1) is 19.2. The van der Waals surface area contributed by atoms with Crippen molar-refractivity contribution in [1.82, 2.24) is 0 Å². The van der Waals surface area contributed by atoms with E-state index >= 15 is 0 Å². The van der Waals surface area contributed by atoms with E-state index in [1.807, 2.05) is 19.1 Å². The number of rotatable bonds is 4. The van der Waals surface area contributed by atoms with Crippen LogP contribution in [0.25, 0.3) is 0 Å². The first-order valence-corrected chi connectivity index (χ1v) is 11.0. The molecule has 3 heteroatoms. The van der Waals surface area contributed by atoms with Gasteiger partial charge in [-0.2, -0.15) is 0 Å². The first-order chi connectivity index (χ1) is 12.2. The van der Waals surface area contributed by atoms with E-state index in [1.54, 1.807) is 0 Å². The van der Waals surface area contributed by atoms with E-state index in [2.05, 4.69) is 58.0 Å². The summed E-state index contributed by atoms with van der Waals surface area (Å²) in [5.41, 5.74) is 4.14. The summed E-state index contributed by atoms with van der Waals surface area (Å²) >= 11 is 0.236. The van der Waals surface area contributed by atoms with Gasteiger partial charge in [-0.15, -0.1) is 0 Å². The van der Waals surface area contributed by atoms with E-state index in [9.17, 15) is 4.79 Å². The summed E-state index contributed by atoms with van der Waals surface area (Å²) in [6.45, 7) is 11.7. The minimum atomic E-state index is -0.246. The molecule has 0 saturated carbocycles. The quantitative estimate of drug-likeness (QED) is 0.560. The average molecular weight is 415 g/mol. The van der Waals surface area contributed by atoms with Crippen LogP contribution in [0.2, 0.25) is 0 Å². The number of carbonyl (C=O) groups is 1. The number of carbonyl (C=O) groups excluding carboxylic acids is 1. The van der Waals surface area contributed by atoms with Crippen LogP contribution in [0, 0.1) is 0 Å². The van der Waals surface area contributed by atoms with Gasteiger partial charge in [0.2, 0.25) is 0 Å². The van der Waals surface area contributed by atoms with Gasteiger partial charge in [0.15, 0.2) is 0 Å². The predicted molar refractivity (Wildman–Crippen MR) is 109 cm³/mol. The van der Waals surface area contributed by atoms with E-state index in [4.69, 9.17) is 4.74 Å². The molecule has 0 bridgehead atoms. The van der Waals surface area contributed by atoms with Crippen LogP contribution in [0.15, 0.2) is 42.5 Å². The third kappa shape index (κ3) is 3.89. The Morgan fingerprint density at radius 1 is 0.923 bits per heavy atom. The Labute approximate surface area is 163 Å². The van der Waals surface area contributed by atoms with Gasteiger partial charge in [0.1, 0.15) is 0 Å². The molecule has 2 aromatic carbocycles. The maximum absolute atomic E-state index is 11.8. The van der Waals surface area contributed by atoms with E-state index in [1.165, 1.54) is 32.9 Å². The van der Waals surface area contributed by atoms with Crippen molar-refractivity contribution in [3.05, 3.63) is 59.2 Å². The molecule has 1 aliphatic carbocycles.